The van der Waals surface area contributed by atoms with Gasteiger partial charge in [-0.3, -0.25) is 4.79 Å². The van der Waals surface area contributed by atoms with E-state index >= 15 is 0 Å². The molecule has 0 saturated carbocycles. The SMILES string of the molecule is O=C(CBr)Cc1c(O)cccc1Cl. The molecule has 13 heavy (non-hydrogen) atoms. The molecule has 0 atom stereocenters. The summed E-state index contributed by atoms with van der Waals surface area (Å²) < 4.78 is 0. The van der Waals surface area contributed by atoms with Gasteiger partial charge in [0.2, 0.25) is 0 Å². The molecule has 1 aromatic rings. The van der Waals surface area contributed by atoms with Crippen molar-refractivity contribution in [2.75, 3.05) is 5.33 Å². The number of phenolic OH excluding ortho intramolecular Hbond substituents is 1. The summed E-state index contributed by atoms with van der Waals surface area (Å²) in [6.45, 7) is 0. The summed E-state index contributed by atoms with van der Waals surface area (Å²) in [5.74, 6) is 0.0604. The van der Waals surface area contributed by atoms with Crippen LogP contribution in [-0.4, -0.2) is 16.2 Å². The number of Topliss-reactive ketones (excluding diaryl/α,β-unsaturated/α-hetero) is 1. The van der Waals surface area contributed by atoms with Crippen molar-refractivity contribution in [3.8, 4) is 5.75 Å². The van der Waals surface area contributed by atoms with Gasteiger partial charge in [0, 0.05) is 17.0 Å². The third-order valence-electron chi connectivity index (χ3n) is 1.62. The Bertz CT molecular complexity index is 305. The number of halogens is 2. The minimum Gasteiger partial charge on any atom is -0.508 e. The average Bonchev–Trinajstić information content (AvgIpc) is 2.11. The number of carbonyl (C=O) groups excluding carboxylic acids is 1. The normalized spacial score (nSPS) is 10.0. The second-order valence-electron chi connectivity index (χ2n) is 2.59. The lowest BCUT2D eigenvalue weighted by atomic mass is 10.1. The molecule has 0 fully saturated rings. The zero-order chi connectivity index (χ0) is 9.84. The Labute approximate surface area is 89.7 Å². The van der Waals surface area contributed by atoms with E-state index in [-0.39, 0.29) is 23.3 Å². The van der Waals surface area contributed by atoms with E-state index in [4.69, 9.17) is 11.6 Å². The number of carbonyl (C=O) groups is 1. The first-order valence-corrected chi connectivity index (χ1v) is 5.19. The molecule has 0 saturated heterocycles. The van der Waals surface area contributed by atoms with Crippen LogP contribution >= 0.6 is 27.5 Å². The van der Waals surface area contributed by atoms with E-state index in [0.29, 0.717) is 10.6 Å². The summed E-state index contributed by atoms with van der Waals surface area (Å²) in [5.41, 5.74) is 0.494. The molecule has 0 radical (unpaired) electrons. The molecule has 1 aromatic carbocycles. The van der Waals surface area contributed by atoms with Crippen LogP contribution in [0.3, 0.4) is 0 Å². The van der Waals surface area contributed by atoms with Crippen molar-refractivity contribution in [3.63, 3.8) is 0 Å². The topological polar surface area (TPSA) is 37.3 Å². The van der Waals surface area contributed by atoms with Crippen LogP contribution < -0.4 is 0 Å². The molecule has 1 rings (SSSR count). The zero-order valence-electron chi connectivity index (χ0n) is 6.76. The number of hydrogen-bond donors (Lipinski definition) is 1. The maximum Gasteiger partial charge on any atom is 0.147 e. The minimum absolute atomic E-state index is 0.0107. The first-order valence-electron chi connectivity index (χ1n) is 3.69. The van der Waals surface area contributed by atoms with Gasteiger partial charge in [-0.1, -0.05) is 33.6 Å². The maximum atomic E-state index is 11.1. The number of phenols is 1. The van der Waals surface area contributed by atoms with Crippen LogP contribution in [0, 0.1) is 0 Å². The van der Waals surface area contributed by atoms with Crippen molar-refractivity contribution >= 4 is 33.3 Å². The minimum atomic E-state index is -0.0107. The fraction of sp³-hybridized carbons (Fsp3) is 0.222. The predicted molar refractivity (Wildman–Crippen MR) is 55.6 cm³/mol. The Hall–Kier alpha value is -0.540. The quantitative estimate of drug-likeness (QED) is 0.851. The van der Waals surface area contributed by atoms with Crippen molar-refractivity contribution in [2.45, 2.75) is 6.42 Å². The molecular weight excluding hydrogens is 255 g/mol. The fourth-order valence-corrected chi connectivity index (χ4v) is 1.40. The maximum absolute atomic E-state index is 11.1. The monoisotopic (exact) mass is 262 g/mol. The zero-order valence-corrected chi connectivity index (χ0v) is 9.10. The molecule has 2 nitrogen and oxygen atoms in total. The molecule has 0 aliphatic rings. The van der Waals surface area contributed by atoms with Gasteiger partial charge in [-0.05, 0) is 12.1 Å². The third kappa shape index (κ3) is 2.71. The Morgan fingerprint density at radius 2 is 2.23 bits per heavy atom. The second-order valence-corrected chi connectivity index (χ2v) is 3.55. The third-order valence-corrected chi connectivity index (χ3v) is 2.60. The van der Waals surface area contributed by atoms with Gasteiger partial charge < -0.3 is 5.11 Å². The van der Waals surface area contributed by atoms with E-state index in [1.807, 2.05) is 0 Å². The van der Waals surface area contributed by atoms with Gasteiger partial charge in [0.05, 0.1) is 5.33 Å². The fourth-order valence-electron chi connectivity index (χ4n) is 0.967. The van der Waals surface area contributed by atoms with E-state index in [1.54, 1.807) is 12.1 Å². The predicted octanol–water partition coefficient (Wildman–Crippen LogP) is 2.55. The molecule has 0 aliphatic heterocycles. The number of rotatable bonds is 3. The van der Waals surface area contributed by atoms with E-state index in [2.05, 4.69) is 15.9 Å². The van der Waals surface area contributed by atoms with Gasteiger partial charge in [0.15, 0.2) is 0 Å². The molecule has 0 amide bonds. The highest BCUT2D eigenvalue weighted by Crippen LogP contribution is 2.25. The Morgan fingerprint density at radius 1 is 1.54 bits per heavy atom. The van der Waals surface area contributed by atoms with Gasteiger partial charge >= 0.3 is 0 Å². The molecule has 0 heterocycles. The van der Waals surface area contributed by atoms with Crippen LogP contribution in [0.2, 0.25) is 5.02 Å². The number of alkyl halides is 1. The van der Waals surface area contributed by atoms with Gasteiger partial charge in [-0.25, -0.2) is 0 Å². The van der Waals surface area contributed by atoms with Crippen molar-refractivity contribution < 1.29 is 9.90 Å². The van der Waals surface area contributed by atoms with Gasteiger partial charge in [-0.2, -0.15) is 0 Å². The van der Waals surface area contributed by atoms with E-state index in [9.17, 15) is 9.90 Å². The van der Waals surface area contributed by atoms with Crippen LogP contribution in [0.5, 0.6) is 5.75 Å². The van der Waals surface area contributed by atoms with E-state index < -0.39 is 0 Å². The van der Waals surface area contributed by atoms with Crippen molar-refractivity contribution in [1.82, 2.24) is 0 Å². The average molecular weight is 264 g/mol. The molecule has 0 bridgehead atoms. The molecule has 0 aromatic heterocycles. The number of hydrogen-bond acceptors (Lipinski definition) is 2. The van der Waals surface area contributed by atoms with E-state index in [1.165, 1.54) is 6.07 Å². The lowest BCUT2D eigenvalue weighted by molar-refractivity contribution is -0.115. The number of benzene rings is 1. The molecule has 4 heteroatoms. The molecular formula is C9H8BrClO2. The smallest absolute Gasteiger partial charge is 0.147 e. The van der Waals surface area contributed by atoms with Crippen molar-refractivity contribution in [2.24, 2.45) is 0 Å². The Balaban J connectivity index is 2.93. The first-order chi connectivity index (χ1) is 6.15. The summed E-state index contributed by atoms with van der Waals surface area (Å²) >= 11 is 8.85. The highest BCUT2D eigenvalue weighted by atomic mass is 79.9. The highest BCUT2D eigenvalue weighted by Gasteiger charge is 2.09. The van der Waals surface area contributed by atoms with Gasteiger partial charge in [0.1, 0.15) is 11.5 Å². The van der Waals surface area contributed by atoms with Gasteiger partial charge in [0.25, 0.3) is 0 Å². The van der Waals surface area contributed by atoms with Crippen LogP contribution in [0.4, 0.5) is 0 Å². The standard InChI is InChI=1S/C9H8BrClO2/c10-5-6(12)4-7-8(11)2-1-3-9(7)13/h1-3,13H,4-5H2. The first kappa shape index (κ1) is 10.5. The summed E-state index contributed by atoms with van der Waals surface area (Å²) in [6, 6.07) is 4.81. The Morgan fingerprint density at radius 3 is 2.77 bits per heavy atom. The van der Waals surface area contributed by atoms with Gasteiger partial charge in [-0.15, -0.1) is 0 Å². The number of aromatic hydroxyl groups is 1. The van der Waals surface area contributed by atoms with Crippen LogP contribution in [0.15, 0.2) is 18.2 Å². The lowest BCUT2D eigenvalue weighted by Crippen LogP contribution is -2.04. The Kier molecular flexibility index (Phi) is 3.75. The van der Waals surface area contributed by atoms with Crippen LogP contribution in [-0.2, 0) is 11.2 Å². The highest BCUT2D eigenvalue weighted by molar-refractivity contribution is 9.09. The summed E-state index contributed by atoms with van der Waals surface area (Å²) in [4.78, 5) is 11.1. The largest absolute Gasteiger partial charge is 0.508 e. The van der Waals surface area contributed by atoms with Crippen LogP contribution in [0.25, 0.3) is 0 Å². The molecule has 0 aliphatic carbocycles. The molecule has 0 unspecified atom stereocenters. The lowest BCUT2D eigenvalue weighted by Gasteiger charge is -2.04. The summed E-state index contributed by atoms with van der Waals surface area (Å²) in [6.07, 6.45) is 0.163. The second kappa shape index (κ2) is 4.63. The van der Waals surface area contributed by atoms with E-state index in [0.717, 1.165) is 0 Å². The van der Waals surface area contributed by atoms with Crippen molar-refractivity contribution in [3.05, 3.63) is 28.8 Å². The summed E-state index contributed by atoms with van der Waals surface area (Å²) in [5, 5.41) is 10.1. The summed E-state index contributed by atoms with van der Waals surface area (Å²) in [7, 11) is 0. The molecule has 1 N–H and O–H groups in total. The van der Waals surface area contributed by atoms with Crippen LogP contribution in [0.1, 0.15) is 5.56 Å². The molecule has 70 valence electrons. The van der Waals surface area contributed by atoms with Crippen molar-refractivity contribution in [1.29, 1.82) is 0 Å². The molecule has 0 spiro atoms. The number of ketones is 1.